The topological polar surface area (TPSA) is 38.4 Å². The van der Waals surface area contributed by atoms with Gasteiger partial charge in [0.25, 0.3) is 0 Å². The maximum atomic E-state index is 5.50. The molecule has 2 heteroatoms. The highest BCUT2D eigenvalue weighted by molar-refractivity contribution is 5.80. The molecule has 2 rings (SSSR count). The van der Waals surface area contributed by atoms with Gasteiger partial charge in [-0.15, -0.1) is 0 Å². The summed E-state index contributed by atoms with van der Waals surface area (Å²) < 4.78 is 0. The van der Waals surface area contributed by atoms with E-state index in [0.717, 1.165) is 18.7 Å². The van der Waals surface area contributed by atoms with Crippen LogP contribution in [0.15, 0.2) is 29.3 Å². The Kier molecular flexibility index (Phi) is 1.92. The summed E-state index contributed by atoms with van der Waals surface area (Å²) in [5.41, 5.74) is 7.93. The molecular weight excluding hydrogens is 148 g/mol. The molecule has 1 unspecified atom stereocenters. The molecule has 0 radical (unpaired) electrons. The van der Waals surface area contributed by atoms with Crippen LogP contribution in [-0.4, -0.2) is 12.8 Å². The van der Waals surface area contributed by atoms with Crippen molar-refractivity contribution in [2.45, 2.75) is 12.3 Å². The van der Waals surface area contributed by atoms with Crippen molar-refractivity contribution in [1.82, 2.24) is 0 Å². The minimum absolute atomic E-state index is 0.450. The Labute approximate surface area is 72.1 Å². The van der Waals surface area contributed by atoms with E-state index in [4.69, 9.17) is 5.73 Å². The lowest BCUT2D eigenvalue weighted by Gasteiger charge is -2.05. The van der Waals surface area contributed by atoms with Crippen molar-refractivity contribution in [3.05, 3.63) is 29.8 Å². The van der Waals surface area contributed by atoms with Gasteiger partial charge in [-0.2, -0.15) is 0 Å². The summed E-state index contributed by atoms with van der Waals surface area (Å²) in [6, 6.07) is 8.24. The summed E-state index contributed by atoms with van der Waals surface area (Å²) in [4.78, 5) is 4.32. The van der Waals surface area contributed by atoms with Crippen LogP contribution in [0.25, 0.3) is 0 Å². The van der Waals surface area contributed by atoms with E-state index in [1.54, 1.807) is 0 Å². The van der Waals surface area contributed by atoms with Crippen LogP contribution in [0.2, 0.25) is 0 Å². The Bertz CT molecular complexity index is 304. The number of nitrogens with zero attached hydrogens (tertiary/aromatic N) is 1. The number of hydrogen-bond acceptors (Lipinski definition) is 2. The molecule has 0 amide bonds. The predicted molar refractivity (Wildman–Crippen MR) is 51.0 cm³/mol. The van der Waals surface area contributed by atoms with Crippen molar-refractivity contribution in [2.24, 2.45) is 10.7 Å². The van der Waals surface area contributed by atoms with E-state index in [-0.39, 0.29) is 0 Å². The van der Waals surface area contributed by atoms with Gasteiger partial charge in [0, 0.05) is 12.1 Å². The van der Waals surface area contributed by atoms with E-state index in [1.807, 2.05) is 18.3 Å². The molecule has 1 aliphatic rings. The van der Waals surface area contributed by atoms with E-state index in [9.17, 15) is 0 Å². The quantitative estimate of drug-likeness (QED) is 0.704. The zero-order chi connectivity index (χ0) is 8.39. The van der Waals surface area contributed by atoms with Crippen molar-refractivity contribution >= 4 is 11.9 Å². The molecule has 1 aromatic carbocycles. The molecule has 0 aromatic heterocycles. The normalized spacial score (nSPS) is 19.6. The number of fused-ring (bicyclic) bond motifs is 1. The van der Waals surface area contributed by atoms with Crippen LogP contribution in [0.4, 0.5) is 5.69 Å². The lowest BCUT2D eigenvalue weighted by Crippen LogP contribution is -2.05. The van der Waals surface area contributed by atoms with Crippen molar-refractivity contribution in [1.29, 1.82) is 0 Å². The molecule has 2 N–H and O–H groups in total. The molecule has 0 fully saturated rings. The average Bonchev–Trinajstić information content (AvgIpc) is 2.50. The van der Waals surface area contributed by atoms with E-state index in [2.05, 4.69) is 17.1 Å². The molecule has 2 nitrogen and oxygen atoms in total. The second-order valence-corrected chi connectivity index (χ2v) is 3.02. The number of benzene rings is 1. The first-order chi connectivity index (χ1) is 5.92. The lowest BCUT2D eigenvalue weighted by molar-refractivity contribution is 0.799. The van der Waals surface area contributed by atoms with Crippen LogP contribution in [0.1, 0.15) is 17.9 Å². The van der Waals surface area contributed by atoms with Gasteiger partial charge in [-0.05, 0) is 24.6 Å². The van der Waals surface area contributed by atoms with E-state index < -0.39 is 0 Å². The molecular formula is C10H12N2. The Morgan fingerprint density at radius 3 is 3.00 bits per heavy atom. The van der Waals surface area contributed by atoms with Crippen LogP contribution in [0.5, 0.6) is 0 Å². The highest BCUT2D eigenvalue weighted by Crippen LogP contribution is 2.32. The smallest absolute Gasteiger partial charge is 0.0664 e. The zero-order valence-electron chi connectivity index (χ0n) is 6.90. The fraction of sp³-hybridized carbons (Fsp3) is 0.300. The molecule has 0 saturated carbocycles. The number of hydrogen-bond donors (Lipinski definition) is 1. The van der Waals surface area contributed by atoms with Crippen LogP contribution >= 0.6 is 0 Å². The van der Waals surface area contributed by atoms with Crippen molar-refractivity contribution in [3.8, 4) is 0 Å². The summed E-state index contributed by atoms with van der Waals surface area (Å²) in [6.07, 6.45) is 3.00. The lowest BCUT2D eigenvalue weighted by atomic mass is 9.98. The van der Waals surface area contributed by atoms with Crippen molar-refractivity contribution < 1.29 is 0 Å². The highest BCUT2D eigenvalue weighted by Gasteiger charge is 2.16. The fourth-order valence-corrected chi connectivity index (χ4v) is 1.58. The number of nitrogens with two attached hydrogens (primary N) is 1. The molecule has 0 aliphatic carbocycles. The molecule has 1 aliphatic heterocycles. The number of para-hydroxylation sites is 1. The maximum Gasteiger partial charge on any atom is 0.0664 e. The van der Waals surface area contributed by atoms with Crippen molar-refractivity contribution in [2.75, 3.05) is 6.54 Å². The van der Waals surface area contributed by atoms with Gasteiger partial charge in [-0.1, -0.05) is 18.2 Å². The first-order valence-corrected chi connectivity index (χ1v) is 4.25. The predicted octanol–water partition coefficient (Wildman–Crippen LogP) is 1.83. The highest BCUT2D eigenvalue weighted by atomic mass is 14.8. The summed E-state index contributed by atoms with van der Waals surface area (Å²) in [5.74, 6) is 0.450. The Balaban J connectivity index is 2.30. The van der Waals surface area contributed by atoms with Gasteiger partial charge >= 0.3 is 0 Å². The summed E-state index contributed by atoms with van der Waals surface area (Å²) >= 11 is 0. The van der Waals surface area contributed by atoms with E-state index in [0.29, 0.717) is 5.92 Å². The summed E-state index contributed by atoms with van der Waals surface area (Å²) in [6.45, 7) is 0.727. The fourth-order valence-electron chi connectivity index (χ4n) is 1.58. The Morgan fingerprint density at radius 1 is 1.33 bits per heavy atom. The molecule has 62 valence electrons. The summed E-state index contributed by atoms with van der Waals surface area (Å²) in [5, 5.41) is 0. The maximum absolute atomic E-state index is 5.50. The third kappa shape index (κ3) is 1.14. The number of rotatable bonds is 2. The second-order valence-electron chi connectivity index (χ2n) is 3.02. The molecule has 0 spiro atoms. The standard InChI is InChI=1S/C10H12N2/c11-6-5-8-7-12-10-4-2-1-3-9(8)10/h1-4,7-8H,5-6,11H2. The van der Waals surface area contributed by atoms with Crippen LogP contribution < -0.4 is 5.73 Å². The second kappa shape index (κ2) is 3.07. The molecule has 1 heterocycles. The van der Waals surface area contributed by atoms with Crippen LogP contribution in [0, 0.1) is 0 Å². The van der Waals surface area contributed by atoms with Crippen molar-refractivity contribution in [3.63, 3.8) is 0 Å². The van der Waals surface area contributed by atoms with Gasteiger partial charge in [0.1, 0.15) is 0 Å². The van der Waals surface area contributed by atoms with E-state index in [1.165, 1.54) is 5.56 Å². The summed E-state index contributed by atoms with van der Waals surface area (Å²) in [7, 11) is 0. The third-order valence-electron chi connectivity index (χ3n) is 2.21. The van der Waals surface area contributed by atoms with Gasteiger partial charge < -0.3 is 5.73 Å². The molecule has 0 bridgehead atoms. The monoisotopic (exact) mass is 160 g/mol. The molecule has 0 saturated heterocycles. The Morgan fingerprint density at radius 2 is 2.17 bits per heavy atom. The first-order valence-electron chi connectivity index (χ1n) is 4.25. The average molecular weight is 160 g/mol. The Hall–Kier alpha value is -1.15. The van der Waals surface area contributed by atoms with Crippen LogP contribution in [-0.2, 0) is 0 Å². The van der Waals surface area contributed by atoms with Gasteiger partial charge in [-0.3, -0.25) is 4.99 Å². The first kappa shape index (κ1) is 7.50. The zero-order valence-corrected chi connectivity index (χ0v) is 6.90. The minimum Gasteiger partial charge on any atom is -0.330 e. The molecule has 12 heavy (non-hydrogen) atoms. The van der Waals surface area contributed by atoms with Gasteiger partial charge in [-0.25, -0.2) is 0 Å². The van der Waals surface area contributed by atoms with Gasteiger partial charge in [0.15, 0.2) is 0 Å². The number of aliphatic imine (C=N–C) groups is 1. The van der Waals surface area contributed by atoms with Crippen LogP contribution in [0.3, 0.4) is 0 Å². The molecule has 1 aromatic rings. The SMILES string of the molecule is NCCC1C=Nc2ccccc21. The third-order valence-corrected chi connectivity index (χ3v) is 2.21. The minimum atomic E-state index is 0.450. The largest absolute Gasteiger partial charge is 0.330 e. The van der Waals surface area contributed by atoms with E-state index >= 15 is 0 Å². The van der Waals surface area contributed by atoms with Gasteiger partial charge in [0.2, 0.25) is 0 Å². The van der Waals surface area contributed by atoms with Gasteiger partial charge in [0.05, 0.1) is 5.69 Å². The molecule has 1 atom stereocenters.